The molecule has 1 heterocycles. The minimum atomic E-state index is -0.521. The molecule has 1 aliphatic heterocycles. The summed E-state index contributed by atoms with van der Waals surface area (Å²) in [6.45, 7) is 10.5. The lowest BCUT2D eigenvalue weighted by molar-refractivity contribution is -0.209. The molecule has 3 heteroatoms. The zero-order chi connectivity index (χ0) is 14.8. The molecule has 0 aromatic carbocycles. The number of hydrogen-bond acceptors (Lipinski definition) is 3. The van der Waals surface area contributed by atoms with Crippen molar-refractivity contribution in [3.63, 3.8) is 0 Å². The minimum absolute atomic E-state index is 0.309. The fourth-order valence-corrected chi connectivity index (χ4v) is 5.57. The van der Waals surface area contributed by atoms with Gasteiger partial charge in [-0.2, -0.15) is 0 Å². The summed E-state index contributed by atoms with van der Waals surface area (Å²) in [7, 11) is 0. The zero-order valence-corrected chi connectivity index (χ0v) is 13.9. The van der Waals surface area contributed by atoms with Gasteiger partial charge in [-0.05, 0) is 75.3 Å². The number of nitrogens with zero attached hydrogens (tertiary/aromatic N) is 1. The predicted molar refractivity (Wildman–Crippen MR) is 85.1 cm³/mol. The summed E-state index contributed by atoms with van der Waals surface area (Å²) >= 11 is 0. The second-order valence-corrected chi connectivity index (χ2v) is 9.11. The first-order valence-corrected chi connectivity index (χ1v) is 9.09. The first-order chi connectivity index (χ1) is 9.89. The van der Waals surface area contributed by atoms with Crippen LogP contribution in [-0.2, 0) is 0 Å². The van der Waals surface area contributed by atoms with Gasteiger partial charge in [-0.1, -0.05) is 13.8 Å². The van der Waals surface area contributed by atoms with Gasteiger partial charge >= 0.3 is 0 Å². The molecule has 0 unspecified atom stereocenters. The molecule has 5 rings (SSSR count). The van der Waals surface area contributed by atoms with Crippen molar-refractivity contribution < 1.29 is 5.11 Å². The van der Waals surface area contributed by atoms with E-state index in [0.717, 1.165) is 30.8 Å². The Morgan fingerprint density at radius 3 is 2.52 bits per heavy atom. The summed E-state index contributed by atoms with van der Waals surface area (Å²) in [5.74, 6) is 2.09. The van der Waals surface area contributed by atoms with Gasteiger partial charge in [0.05, 0.1) is 5.60 Å². The van der Waals surface area contributed by atoms with Gasteiger partial charge in [0, 0.05) is 18.6 Å². The fourth-order valence-electron chi connectivity index (χ4n) is 5.57. The first-order valence-electron chi connectivity index (χ1n) is 9.09. The molecule has 0 amide bonds. The molecule has 2 bridgehead atoms. The third-order valence-electron chi connectivity index (χ3n) is 7.44. The van der Waals surface area contributed by atoms with Gasteiger partial charge in [0.2, 0.25) is 0 Å². The van der Waals surface area contributed by atoms with E-state index in [9.17, 15) is 5.11 Å². The van der Waals surface area contributed by atoms with Crippen molar-refractivity contribution in [1.82, 2.24) is 10.2 Å². The maximum atomic E-state index is 11.0. The van der Waals surface area contributed by atoms with Gasteiger partial charge in [0.1, 0.15) is 0 Å². The van der Waals surface area contributed by atoms with E-state index in [1.165, 1.54) is 38.8 Å². The fraction of sp³-hybridized carbons (Fsp3) is 1.00. The van der Waals surface area contributed by atoms with Crippen molar-refractivity contribution in [2.24, 2.45) is 23.2 Å². The highest BCUT2D eigenvalue weighted by atomic mass is 16.3. The van der Waals surface area contributed by atoms with Crippen LogP contribution in [0.2, 0.25) is 0 Å². The van der Waals surface area contributed by atoms with Gasteiger partial charge in [-0.15, -0.1) is 0 Å². The summed E-state index contributed by atoms with van der Waals surface area (Å²) in [4.78, 5) is 2.69. The van der Waals surface area contributed by atoms with Gasteiger partial charge in [-0.25, -0.2) is 0 Å². The van der Waals surface area contributed by atoms with Crippen LogP contribution in [-0.4, -0.2) is 47.3 Å². The van der Waals surface area contributed by atoms with Crippen LogP contribution in [0.4, 0.5) is 0 Å². The van der Waals surface area contributed by atoms with Crippen LogP contribution in [0.15, 0.2) is 0 Å². The molecule has 0 aromatic heterocycles. The Balaban J connectivity index is 1.31. The second kappa shape index (κ2) is 4.69. The Bertz CT molecular complexity index is 415. The lowest BCUT2D eigenvalue weighted by Crippen LogP contribution is -2.69. The molecule has 5 aliphatic rings. The zero-order valence-electron chi connectivity index (χ0n) is 13.9. The van der Waals surface area contributed by atoms with Crippen LogP contribution in [0.5, 0.6) is 0 Å². The quantitative estimate of drug-likeness (QED) is 0.834. The van der Waals surface area contributed by atoms with Gasteiger partial charge in [0.25, 0.3) is 0 Å². The van der Waals surface area contributed by atoms with Gasteiger partial charge < -0.3 is 15.3 Å². The summed E-state index contributed by atoms with van der Waals surface area (Å²) in [5, 5.41) is 14.8. The Morgan fingerprint density at radius 2 is 1.90 bits per heavy atom. The van der Waals surface area contributed by atoms with Crippen LogP contribution in [0.3, 0.4) is 0 Å². The molecule has 4 saturated carbocycles. The molecule has 3 nitrogen and oxygen atoms in total. The number of nitrogens with one attached hydrogen (secondary N) is 1. The van der Waals surface area contributed by atoms with Crippen LogP contribution in [0.25, 0.3) is 0 Å². The molecule has 0 spiro atoms. The van der Waals surface area contributed by atoms with E-state index in [1.54, 1.807) is 0 Å². The molecular weight excluding hydrogens is 260 g/mol. The van der Waals surface area contributed by atoms with Crippen molar-refractivity contribution >= 4 is 0 Å². The van der Waals surface area contributed by atoms with Crippen LogP contribution < -0.4 is 5.32 Å². The monoisotopic (exact) mass is 292 g/mol. The number of fused-ring (bicyclic) bond motifs is 2. The molecule has 4 aliphatic carbocycles. The number of rotatable bonds is 4. The van der Waals surface area contributed by atoms with Gasteiger partial charge in [0.15, 0.2) is 0 Å². The largest absolute Gasteiger partial charge is 0.388 e. The Labute approximate surface area is 129 Å². The van der Waals surface area contributed by atoms with Crippen LogP contribution >= 0.6 is 0 Å². The van der Waals surface area contributed by atoms with E-state index >= 15 is 0 Å². The highest BCUT2D eigenvalue weighted by molar-refractivity contribution is 5.14. The standard InChI is InChI=1S/C18H32N2O/c1-17(2)13-8-15(17)18(3,21)16(9-13)19-10-12-6-7-20(11-12)14-4-5-14/h12-16,19,21H,4-11H2,1-3H3/t12-,13-,15+,16-,18-/m1/s1. The van der Waals surface area contributed by atoms with E-state index in [4.69, 9.17) is 0 Å². The summed E-state index contributed by atoms with van der Waals surface area (Å²) < 4.78 is 0. The molecule has 2 N–H and O–H groups in total. The molecule has 120 valence electrons. The van der Waals surface area contributed by atoms with Crippen molar-refractivity contribution in [3.05, 3.63) is 0 Å². The highest BCUT2D eigenvalue weighted by Gasteiger charge is 2.62. The molecule has 0 aromatic rings. The lowest BCUT2D eigenvalue weighted by Gasteiger charge is -2.65. The molecule has 5 atom stereocenters. The molecule has 0 radical (unpaired) electrons. The van der Waals surface area contributed by atoms with Crippen molar-refractivity contribution in [2.45, 2.75) is 70.6 Å². The topological polar surface area (TPSA) is 35.5 Å². The number of hydrogen-bond donors (Lipinski definition) is 2. The predicted octanol–water partition coefficient (Wildman–Crippen LogP) is 2.25. The number of likely N-dealkylation sites (tertiary alicyclic amines) is 1. The third-order valence-corrected chi connectivity index (χ3v) is 7.44. The molecule has 5 fully saturated rings. The average molecular weight is 292 g/mol. The average Bonchev–Trinajstić information content (AvgIpc) is 3.15. The second-order valence-electron chi connectivity index (χ2n) is 9.11. The number of aliphatic hydroxyl groups is 1. The molecule has 21 heavy (non-hydrogen) atoms. The van der Waals surface area contributed by atoms with Crippen molar-refractivity contribution in [3.8, 4) is 0 Å². The summed E-state index contributed by atoms with van der Waals surface area (Å²) in [5.41, 5.74) is -0.176. The highest BCUT2D eigenvalue weighted by Crippen LogP contribution is 2.62. The van der Waals surface area contributed by atoms with E-state index in [1.807, 2.05) is 0 Å². The summed E-state index contributed by atoms with van der Waals surface area (Å²) in [6, 6.07) is 1.23. The van der Waals surface area contributed by atoms with Gasteiger partial charge in [-0.3, -0.25) is 0 Å². The lowest BCUT2D eigenvalue weighted by atomic mass is 9.43. The third kappa shape index (κ3) is 2.27. The van der Waals surface area contributed by atoms with E-state index in [2.05, 4.69) is 31.0 Å². The van der Waals surface area contributed by atoms with E-state index in [-0.39, 0.29) is 0 Å². The molecule has 1 saturated heterocycles. The summed E-state index contributed by atoms with van der Waals surface area (Å²) in [6.07, 6.45) is 6.59. The maximum Gasteiger partial charge on any atom is 0.0805 e. The SMILES string of the molecule is CC1(C)[C@H]2C[C@@H](NC[C@H]3CCN(C4CC4)C3)[C@](C)(O)[C@H]1C2. The minimum Gasteiger partial charge on any atom is -0.388 e. The Kier molecular flexibility index (Phi) is 3.23. The van der Waals surface area contributed by atoms with Crippen LogP contribution in [0, 0.1) is 23.2 Å². The Morgan fingerprint density at radius 1 is 1.14 bits per heavy atom. The normalized spacial score (nSPS) is 49.1. The molecular formula is C18H32N2O. The Hall–Kier alpha value is -0.120. The van der Waals surface area contributed by atoms with Crippen LogP contribution in [0.1, 0.15) is 52.9 Å². The smallest absolute Gasteiger partial charge is 0.0805 e. The first kappa shape index (κ1) is 14.5. The maximum absolute atomic E-state index is 11.0. The van der Waals surface area contributed by atoms with Crippen molar-refractivity contribution in [2.75, 3.05) is 19.6 Å². The van der Waals surface area contributed by atoms with E-state index < -0.39 is 5.60 Å². The van der Waals surface area contributed by atoms with Crippen molar-refractivity contribution in [1.29, 1.82) is 0 Å². The van der Waals surface area contributed by atoms with E-state index in [0.29, 0.717) is 17.4 Å².